The minimum atomic E-state index is 0.167. The summed E-state index contributed by atoms with van der Waals surface area (Å²) in [5.74, 6) is 1.61. The van der Waals surface area contributed by atoms with Gasteiger partial charge in [0.1, 0.15) is 0 Å². The van der Waals surface area contributed by atoms with Crippen molar-refractivity contribution in [3.63, 3.8) is 0 Å². The van der Waals surface area contributed by atoms with E-state index in [4.69, 9.17) is 4.74 Å². The van der Waals surface area contributed by atoms with Gasteiger partial charge in [-0.15, -0.1) is 11.8 Å². The largest absolute Gasteiger partial charge is 0.381 e. The van der Waals surface area contributed by atoms with Crippen LogP contribution >= 0.6 is 11.8 Å². The predicted octanol–water partition coefficient (Wildman–Crippen LogP) is 1.70. The summed E-state index contributed by atoms with van der Waals surface area (Å²) in [7, 11) is 0. The van der Waals surface area contributed by atoms with E-state index in [-0.39, 0.29) is 4.75 Å². The van der Waals surface area contributed by atoms with Gasteiger partial charge in [0.2, 0.25) is 5.91 Å². The number of thioether (sulfide) groups is 1. The molecule has 2 heterocycles. The number of nitrogens with zero attached hydrogens (tertiary/aromatic N) is 2. The van der Waals surface area contributed by atoms with Crippen LogP contribution in [0.25, 0.3) is 0 Å². The molecule has 0 aromatic heterocycles. The maximum Gasteiger partial charge on any atom is 0.232 e. The van der Waals surface area contributed by atoms with Crippen LogP contribution in [0.3, 0.4) is 0 Å². The molecule has 1 atom stereocenters. The molecule has 0 unspecified atom stereocenters. The first-order valence-electron chi connectivity index (χ1n) is 7.66. The van der Waals surface area contributed by atoms with Crippen molar-refractivity contribution < 1.29 is 9.53 Å². The number of amides is 1. The van der Waals surface area contributed by atoms with Gasteiger partial charge in [0.25, 0.3) is 0 Å². The van der Waals surface area contributed by atoms with Gasteiger partial charge >= 0.3 is 0 Å². The molecule has 2 saturated heterocycles. The van der Waals surface area contributed by atoms with Crippen LogP contribution in [-0.2, 0) is 9.53 Å². The van der Waals surface area contributed by atoms with Gasteiger partial charge < -0.3 is 9.64 Å². The summed E-state index contributed by atoms with van der Waals surface area (Å²) in [4.78, 5) is 16.7. The zero-order valence-corrected chi connectivity index (χ0v) is 13.9. The van der Waals surface area contributed by atoms with Crippen molar-refractivity contribution in [1.29, 1.82) is 0 Å². The van der Waals surface area contributed by atoms with Crippen molar-refractivity contribution in [1.82, 2.24) is 9.80 Å². The molecule has 1 amide bonds. The van der Waals surface area contributed by atoms with Gasteiger partial charge in [0, 0.05) is 44.1 Å². The van der Waals surface area contributed by atoms with E-state index in [1.807, 2.05) is 4.90 Å². The minimum Gasteiger partial charge on any atom is -0.381 e. The Morgan fingerprint density at radius 3 is 2.50 bits per heavy atom. The second-order valence-electron chi connectivity index (χ2n) is 6.81. The van der Waals surface area contributed by atoms with Crippen molar-refractivity contribution in [3.05, 3.63) is 0 Å². The standard InChI is InChI=1S/C15H28N2O2S/c1-15(2,3)20-12-14(18)17-7-5-16(6-8-17)10-13-4-9-19-11-13/h13H,4-12H2,1-3H3/t13-/m1/s1. The van der Waals surface area contributed by atoms with Crippen LogP contribution in [0.2, 0.25) is 0 Å². The molecule has 5 heteroatoms. The molecule has 0 N–H and O–H groups in total. The first kappa shape index (κ1) is 16.1. The average Bonchev–Trinajstić information content (AvgIpc) is 2.89. The van der Waals surface area contributed by atoms with E-state index in [0.29, 0.717) is 17.6 Å². The smallest absolute Gasteiger partial charge is 0.232 e. The van der Waals surface area contributed by atoms with Crippen LogP contribution < -0.4 is 0 Å². The fourth-order valence-corrected chi connectivity index (χ4v) is 3.38. The highest BCUT2D eigenvalue weighted by atomic mass is 32.2. The quantitative estimate of drug-likeness (QED) is 0.791. The lowest BCUT2D eigenvalue weighted by atomic mass is 10.1. The van der Waals surface area contributed by atoms with Crippen molar-refractivity contribution in [2.75, 3.05) is 51.7 Å². The fourth-order valence-electron chi connectivity index (χ4n) is 2.64. The summed E-state index contributed by atoms with van der Waals surface area (Å²) in [5, 5.41) is 0. The second kappa shape index (κ2) is 7.14. The van der Waals surface area contributed by atoms with Crippen LogP contribution in [0.15, 0.2) is 0 Å². The Balaban J connectivity index is 1.66. The number of hydrogen-bond donors (Lipinski definition) is 0. The maximum absolute atomic E-state index is 12.2. The first-order chi connectivity index (χ1) is 9.44. The van der Waals surface area contributed by atoms with Crippen LogP contribution in [-0.4, -0.2) is 72.1 Å². The SMILES string of the molecule is CC(C)(C)SCC(=O)N1CCN(C[C@H]2CCOC2)CC1. The lowest BCUT2D eigenvalue weighted by Crippen LogP contribution is -2.50. The van der Waals surface area contributed by atoms with E-state index < -0.39 is 0 Å². The van der Waals surface area contributed by atoms with Crippen LogP contribution in [0.4, 0.5) is 0 Å². The number of carbonyl (C=O) groups excluding carboxylic acids is 1. The molecule has 0 aromatic rings. The third-order valence-corrected chi connectivity index (χ3v) is 5.15. The third-order valence-electron chi connectivity index (χ3n) is 3.89. The Labute approximate surface area is 127 Å². The van der Waals surface area contributed by atoms with E-state index in [9.17, 15) is 4.79 Å². The number of rotatable bonds is 4. The second-order valence-corrected chi connectivity index (χ2v) is 8.61. The zero-order chi connectivity index (χ0) is 14.6. The molecule has 0 saturated carbocycles. The number of hydrogen-bond acceptors (Lipinski definition) is 4. The minimum absolute atomic E-state index is 0.167. The summed E-state index contributed by atoms with van der Waals surface area (Å²) < 4.78 is 5.59. The van der Waals surface area contributed by atoms with Crippen molar-refractivity contribution in [2.45, 2.75) is 31.9 Å². The number of piperazine rings is 1. The molecule has 0 spiro atoms. The normalized spacial score (nSPS) is 25.1. The van der Waals surface area contributed by atoms with Gasteiger partial charge in [-0.05, 0) is 12.3 Å². The average molecular weight is 300 g/mol. The van der Waals surface area contributed by atoms with Gasteiger partial charge in [0.05, 0.1) is 12.4 Å². The van der Waals surface area contributed by atoms with Gasteiger partial charge in [-0.25, -0.2) is 0 Å². The van der Waals surface area contributed by atoms with E-state index >= 15 is 0 Å². The monoisotopic (exact) mass is 300 g/mol. The summed E-state index contributed by atoms with van der Waals surface area (Å²) in [5.41, 5.74) is 0. The zero-order valence-electron chi connectivity index (χ0n) is 13.1. The lowest BCUT2D eigenvalue weighted by molar-refractivity contribution is -0.130. The Kier molecular flexibility index (Phi) is 5.75. The Morgan fingerprint density at radius 2 is 1.95 bits per heavy atom. The molecular weight excluding hydrogens is 272 g/mol. The molecule has 0 bridgehead atoms. The summed E-state index contributed by atoms with van der Waals surface area (Å²) in [6, 6.07) is 0. The first-order valence-corrected chi connectivity index (χ1v) is 8.64. The Morgan fingerprint density at radius 1 is 1.25 bits per heavy atom. The molecular formula is C15H28N2O2S. The molecule has 2 aliphatic heterocycles. The highest BCUT2D eigenvalue weighted by Crippen LogP contribution is 2.23. The van der Waals surface area contributed by atoms with Gasteiger partial charge in [-0.3, -0.25) is 9.69 Å². The molecule has 20 heavy (non-hydrogen) atoms. The number of carbonyl (C=O) groups is 1. The van der Waals surface area contributed by atoms with E-state index in [0.717, 1.165) is 45.9 Å². The van der Waals surface area contributed by atoms with Crippen LogP contribution in [0.5, 0.6) is 0 Å². The van der Waals surface area contributed by atoms with E-state index in [1.165, 1.54) is 6.42 Å². The molecule has 2 fully saturated rings. The van der Waals surface area contributed by atoms with E-state index in [1.54, 1.807) is 11.8 Å². The van der Waals surface area contributed by atoms with Gasteiger partial charge in [-0.2, -0.15) is 0 Å². The van der Waals surface area contributed by atoms with Gasteiger partial charge in [0.15, 0.2) is 0 Å². The molecule has 2 rings (SSSR count). The van der Waals surface area contributed by atoms with E-state index in [2.05, 4.69) is 25.7 Å². The summed E-state index contributed by atoms with van der Waals surface area (Å²) in [6.07, 6.45) is 1.20. The van der Waals surface area contributed by atoms with Crippen molar-refractivity contribution in [2.24, 2.45) is 5.92 Å². The Hall–Kier alpha value is -0.260. The Bertz CT molecular complexity index is 316. The molecule has 116 valence electrons. The fraction of sp³-hybridized carbons (Fsp3) is 0.933. The third kappa shape index (κ3) is 5.26. The lowest BCUT2D eigenvalue weighted by Gasteiger charge is -2.36. The van der Waals surface area contributed by atoms with Crippen LogP contribution in [0.1, 0.15) is 27.2 Å². The maximum atomic E-state index is 12.2. The summed E-state index contributed by atoms with van der Waals surface area (Å²) in [6.45, 7) is 13.3. The number of ether oxygens (including phenoxy) is 1. The molecule has 2 aliphatic rings. The molecule has 0 aliphatic carbocycles. The highest BCUT2D eigenvalue weighted by molar-refractivity contribution is 8.01. The van der Waals surface area contributed by atoms with Crippen molar-refractivity contribution >= 4 is 17.7 Å². The van der Waals surface area contributed by atoms with Gasteiger partial charge in [-0.1, -0.05) is 20.8 Å². The highest BCUT2D eigenvalue weighted by Gasteiger charge is 2.25. The molecule has 4 nitrogen and oxygen atoms in total. The predicted molar refractivity (Wildman–Crippen MR) is 84.2 cm³/mol. The molecule has 0 radical (unpaired) electrons. The van der Waals surface area contributed by atoms with Crippen LogP contribution in [0, 0.1) is 5.92 Å². The summed E-state index contributed by atoms with van der Waals surface area (Å²) >= 11 is 1.74. The molecule has 0 aromatic carbocycles. The van der Waals surface area contributed by atoms with Crippen molar-refractivity contribution in [3.8, 4) is 0 Å². The topological polar surface area (TPSA) is 32.8 Å².